The number of nitrogens with zero attached hydrogens (tertiary/aromatic N) is 2. The third-order valence-corrected chi connectivity index (χ3v) is 5.36. The van der Waals surface area contributed by atoms with Gasteiger partial charge in [-0.2, -0.15) is 0 Å². The molecule has 0 atom stereocenters. The summed E-state index contributed by atoms with van der Waals surface area (Å²) >= 11 is 1.26. The molecule has 0 fully saturated rings. The maximum absolute atomic E-state index is 9.76. The molecule has 2 heterocycles. The van der Waals surface area contributed by atoms with Crippen molar-refractivity contribution in [2.24, 2.45) is 0 Å². The number of thiazole rings is 1. The maximum Gasteiger partial charge on any atom is 0.189 e. The quantitative estimate of drug-likeness (QED) is 0.483. The Bertz CT molecular complexity index is 1080. The van der Waals surface area contributed by atoms with Crippen LogP contribution in [-0.4, -0.2) is 20.2 Å². The highest BCUT2D eigenvalue weighted by Gasteiger charge is 2.18. The zero-order chi connectivity index (χ0) is 18.1. The normalized spacial score (nSPS) is 11.3. The average molecular weight is 363 g/mol. The second-order valence-electron chi connectivity index (χ2n) is 6.03. The van der Waals surface area contributed by atoms with Gasteiger partial charge in [0.15, 0.2) is 6.29 Å². The Kier molecular flexibility index (Phi) is 4.38. The highest BCUT2D eigenvalue weighted by Crippen LogP contribution is 2.33. The summed E-state index contributed by atoms with van der Waals surface area (Å²) in [6, 6.07) is 17.9. The van der Waals surface area contributed by atoms with Gasteiger partial charge in [-0.15, -0.1) is 11.3 Å². The van der Waals surface area contributed by atoms with Crippen molar-refractivity contribution >= 4 is 27.9 Å². The minimum atomic E-state index is -1.56. The monoisotopic (exact) mass is 363 g/mol. The Morgan fingerprint density at radius 3 is 2.58 bits per heavy atom. The molecule has 2 aromatic heterocycles. The molecule has 0 bridgehead atoms. The molecule has 0 saturated carbocycles. The van der Waals surface area contributed by atoms with Crippen molar-refractivity contribution in [3.8, 4) is 10.6 Å². The van der Waals surface area contributed by atoms with Crippen LogP contribution < -0.4 is 5.73 Å². The molecule has 4 rings (SSSR count). The number of nitrogens with two attached hydrogens (primary N) is 1. The topological polar surface area (TPSA) is 92.3 Å². The number of nitrogen functional groups attached to an aromatic ring is 1. The molecule has 0 aliphatic carbocycles. The second-order valence-corrected chi connectivity index (χ2v) is 7.06. The lowest BCUT2D eigenvalue weighted by Gasteiger charge is -2.05. The van der Waals surface area contributed by atoms with Gasteiger partial charge in [0, 0.05) is 18.2 Å². The zero-order valence-electron chi connectivity index (χ0n) is 13.8. The number of fused-ring (bicyclic) bond motifs is 1. The first-order valence-electron chi connectivity index (χ1n) is 8.15. The van der Waals surface area contributed by atoms with Crippen LogP contribution in [0.3, 0.4) is 0 Å². The highest BCUT2D eigenvalue weighted by atomic mass is 32.1. The lowest BCUT2D eigenvalue weighted by molar-refractivity contribution is -0.0402. The lowest BCUT2D eigenvalue weighted by Crippen LogP contribution is -1.99. The number of aliphatic hydroxyl groups excluding tert-OH is 1. The average Bonchev–Trinajstić information content (AvgIpc) is 3.06. The first-order chi connectivity index (χ1) is 12.6. The van der Waals surface area contributed by atoms with E-state index in [0.29, 0.717) is 27.8 Å². The van der Waals surface area contributed by atoms with Crippen molar-refractivity contribution < 1.29 is 10.2 Å². The standard InChI is InChI=1S/C20H17N3O2S/c21-17-11-15(7-8-22-17)19-23-16(18(26-19)20(24)25)10-12-5-6-13-3-1-2-4-14(13)9-12/h1-9,11,20,24-25H,10H2,(H2,21,22). The van der Waals surface area contributed by atoms with Gasteiger partial charge in [-0.3, -0.25) is 0 Å². The van der Waals surface area contributed by atoms with Gasteiger partial charge in [-0.1, -0.05) is 42.5 Å². The van der Waals surface area contributed by atoms with Crippen molar-refractivity contribution in [2.45, 2.75) is 12.7 Å². The fraction of sp³-hybridized carbons (Fsp3) is 0.100. The minimum Gasteiger partial charge on any atom is -0.384 e. The van der Waals surface area contributed by atoms with Crippen molar-refractivity contribution in [3.05, 3.63) is 76.9 Å². The van der Waals surface area contributed by atoms with Crippen LogP contribution in [0.25, 0.3) is 21.3 Å². The first-order valence-corrected chi connectivity index (χ1v) is 8.97. The summed E-state index contributed by atoms with van der Waals surface area (Å²) in [7, 11) is 0. The summed E-state index contributed by atoms with van der Waals surface area (Å²) < 4.78 is 0. The largest absolute Gasteiger partial charge is 0.384 e. The molecule has 26 heavy (non-hydrogen) atoms. The predicted molar refractivity (Wildman–Crippen MR) is 104 cm³/mol. The molecule has 4 aromatic rings. The molecule has 6 heteroatoms. The third-order valence-electron chi connectivity index (χ3n) is 4.18. The number of benzene rings is 2. The predicted octanol–water partition coefficient (Wildman–Crippen LogP) is 3.51. The lowest BCUT2D eigenvalue weighted by atomic mass is 10.0. The molecule has 5 nitrogen and oxygen atoms in total. The highest BCUT2D eigenvalue weighted by molar-refractivity contribution is 7.15. The third kappa shape index (κ3) is 3.30. The number of rotatable bonds is 4. The van der Waals surface area contributed by atoms with Gasteiger partial charge in [0.1, 0.15) is 10.8 Å². The Hall–Kier alpha value is -2.80. The van der Waals surface area contributed by atoms with Gasteiger partial charge in [-0.25, -0.2) is 9.97 Å². The van der Waals surface area contributed by atoms with Gasteiger partial charge in [0.05, 0.1) is 10.6 Å². The van der Waals surface area contributed by atoms with Gasteiger partial charge < -0.3 is 15.9 Å². The Morgan fingerprint density at radius 2 is 1.81 bits per heavy atom. The second kappa shape index (κ2) is 6.84. The maximum atomic E-state index is 9.76. The molecule has 0 aliphatic heterocycles. The molecule has 2 aromatic carbocycles. The first kappa shape index (κ1) is 16.7. The molecule has 0 aliphatic rings. The van der Waals surface area contributed by atoms with Gasteiger partial charge >= 0.3 is 0 Å². The molecular weight excluding hydrogens is 346 g/mol. The number of aliphatic hydroxyl groups is 2. The van der Waals surface area contributed by atoms with E-state index in [0.717, 1.165) is 16.5 Å². The Balaban J connectivity index is 1.72. The van der Waals surface area contributed by atoms with Crippen LogP contribution in [-0.2, 0) is 6.42 Å². The van der Waals surface area contributed by atoms with E-state index < -0.39 is 6.29 Å². The van der Waals surface area contributed by atoms with Crippen LogP contribution in [0, 0.1) is 0 Å². The summed E-state index contributed by atoms with van der Waals surface area (Å²) in [6.45, 7) is 0. The van der Waals surface area contributed by atoms with Crippen LogP contribution in [0.2, 0.25) is 0 Å². The molecule has 0 unspecified atom stereocenters. The zero-order valence-corrected chi connectivity index (χ0v) is 14.6. The van der Waals surface area contributed by atoms with Gasteiger partial charge in [0.25, 0.3) is 0 Å². The van der Waals surface area contributed by atoms with Crippen LogP contribution in [0.15, 0.2) is 60.8 Å². The fourth-order valence-electron chi connectivity index (χ4n) is 2.94. The summed E-state index contributed by atoms with van der Waals surface area (Å²) in [4.78, 5) is 9.06. The summed E-state index contributed by atoms with van der Waals surface area (Å²) in [5, 5.41) is 22.5. The molecule has 0 amide bonds. The van der Waals surface area contributed by atoms with E-state index in [9.17, 15) is 10.2 Å². The van der Waals surface area contributed by atoms with Gasteiger partial charge in [-0.05, 0) is 28.5 Å². The Morgan fingerprint density at radius 1 is 1.00 bits per heavy atom. The minimum absolute atomic E-state index is 0.403. The summed E-state index contributed by atoms with van der Waals surface area (Å²) in [6.07, 6.45) is 0.579. The van der Waals surface area contributed by atoms with E-state index in [1.165, 1.54) is 16.7 Å². The number of hydrogen-bond acceptors (Lipinski definition) is 6. The number of anilines is 1. The molecule has 130 valence electrons. The molecule has 0 saturated heterocycles. The van der Waals surface area contributed by atoms with E-state index in [2.05, 4.69) is 34.2 Å². The molecule has 0 spiro atoms. The van der Waals surface area contributed by atoms with Crippen molar-refractivity contribution in [3.63, 3.8) is 0 Å². The Labute approximate surface area is 154 Å². The van der Waals surface area contributed by atoms with Crippen LogP contribution in [0.1, 0.15) is 22.4 Å². The van der Waals surface area contributed by atoms with Crippen molar-refractivity contribution in [2.75, 3.05) is 5.73 Å². The number of pyridine rings is 1. The summed E-state index contributed by atoms with van der Waals surface area (Å²) in [5.41, 5.74) is 8.28. The molecule has 0 radical (unpaired) electrons. The van der Waals surface area contributed by atoms with E-state index in [-0.39, 0.29) is 0 Å². The van der Waals surface area contributed by atoms with Crippen LogP contribution >= 0.6 is 11.3 Å². The summed E-state index contributed by atoms with van der Waals surface area (Å²) in [5.74, 6) is 0.403. The fourth-order valence-corrected chi connectivity index (χ4v) is 3.89. The van der Waals surface area contributed by atoms with E-state index >= 15 is 0 Å². The van der Waals surface area contributed by atoms with E-state index in [1.807, 2.05) is 24.3 Å². The molecular formula is C20H17N3O2S. The smallest absolute Gasteiger partial charge is 0.189 e. The number of hydrogen-bond donors (Lipinski definition) is 3. The van der Waals surface area contributed by atoms with Crippen LogP contribution in [0.4, 0.5) is 5.82 Å². The van der Waals surface area contributed by atoms with Crippen molar-refractivity contribution in [1.29, 1.82) is 0 Å². The van der Waals surface area contributed by atoms with E-state index in [1.54, 1.807) is 12.3 Å². The SMILES string of the molecule is Nc1cc(-c2nc(Cc3ccc4ccccc4c3)c(C(O)O)s2)ccn1. The van der Waals surface area contributed by atoms with Crippen LogP contribution in [0.5, 0.6) is 0 Å². The van der Waals surface area contributed by atoms with Gasteiger partial charge in [0.2, 0.25) is 0 Å². The van der Waals surface area contributed by atoms with Crippen molar-refractivity contribution in [1.82, 2.24) is 9.97 Å². The van der Waals surface area contributed by atoms with E-state index in [4.69, 9.17) is 5.73 Å². The number of aromatic nitrogens is 2. The molecule has 4 N–H and O–H groups in total.